The molecule has 6 nitrogen and oxygen atoms in total. The van der Waals surface area contributed by atoms with Crippen molar-refractivity contribution >= 4 is 11.6 Å². The van der Waals surface area contributed by atoms with Crippen LogP contribution in [0, 0.1) is 25.5 Å². The summed E-state index contributed by atoms with van der Waals surface area (Å²) < 4.78 is 35.0. The summed E-state index contributed by atoms with van der Waals surface area (Å²) in [5, 5.41) is 19.9. The van der Waals surface area contributed by atoms with Crippen LogP contribution in [-0.2, 0) is 0 Å². The third-order valence-electron chi connectivity index (χ3n) is 5.16. The number of aliphatic hydroxyl groups excluding tert-OH is 2. The van der Waals surface area contributed by atoms with E-state index in [0.29, 0.717) is 22.3 Å². The Hall–Kier alpha value is -3.33. The van der Waals surface area contributed by atoms with E-state index >= 15 is 0 Å². The van der Waals surface area contributed by atoms with Gasteiger partial charge in [0.2, 0.25) is 5.89 Å². The van der Waals surface area contributed by atoms with E-state index in [-0.39, 0.29) is 28.5 Å². The molecule has 9 heteroatoms. The lowest BCUT2D eigenvalue weighted by Gasteiger charge is -2.14. The molecule has 170 valence electrons. The quantitative estimate of drug-likeness (QED) is 0.438. The van der Waals surface area contributed by atoms with Crippen LogP contribution in [0.4, 0.5) is 8.78 Å². The van der Waals surface area contributed by atoms with Gasteiger partial charge in [-0.3, -0.25) is 9.36 Å². The summed E-state index contributed by atoms with van der Waals surface area (Å²) in [4.78, 5) is 17.0. The maximum Gasteiger partial charge on any atom is 0.255 e. The smallest absolute Gasteiger partial charge is 0.255 e. The minimum Gasteiger partial charge on any atom is -0.437 e. The topological polar surface area (TPSA) is 88.5 Å². The van der Waals surface area contributed by atoms with Crippen LogP contribution < -0.4 is 5.56 Å². The van der Waals surface area contributed by atoms with Gasteiger partial charge in [-0.05, 0) is 55.3 Å². The first-order chi connectivity index (χ1) is 15.7. The van der Waals surface area contributed by atoms with Crippen molar-refractivity contribution in [3.8, 4) is 28.3 Å². The highest BCUT2D eigenvalue weighted by atomic mass is 35.5. The minimum absolute atomic E-state index is 0.0789. The van der Waals surface area contributed by atoms with E-state index in [9.17, 15) is 23.8 Å². The summed E-state index contributed by atoms with van der Waals surface area (Å²) in [5.74, 6) is -1.99. The number of aromatic nitrogens is 2. The Kier molecular flexibility index (Phi) is 6.16. The van der Waals surface area contributed by atoms with Crippen molar-refractivity contribution in [3.05, 3.63) is 92.7 Å². The van der Waals surface area contributed by atoms with Crippen molar-refractivity contribution in [2.24, 2.45) is 0 Å². The van der Waals surface area contributed by atoms with Gasteiger partial charge in [-0.1, -0.05) is 11.6 Å². The highest BCUT2D eigenvalue weighted by Gasteiger charge is 2.24. The van der Waals surface area contributed by atoms with Crippen LogP contribution in [0.2, 0.25) is 5.02 Å². The molecule has 0 saturated carbocycles. The molecule has 2 N–H and O–H groups in total. The molecule has 2 aromatic carbocycles. The number of halogens is 3. The molecule has 0 bridgehead atoms. The molecule has 1 atom stereocenters. The number of rotatable bonds is 5. The van der Waals surface area contributed by atoms with E-state index in [1.165, 1.54) is 29.0 Å². The second-order valence-electron chi connectivity index (χ2n) is 7.57. The summed E-state index contributed by atoms with van der Waals surface area (Å²) in [5.41, 5.74) is 2.23. The molecule has 4 rings (SSSR count). The Bertz CT molecular complexity index is 1390. The fourth-order valence-corrected chi connectivity index (χ4v) is 4.02. The van der Waals surface area contributed by atoms with Gasteiger partial charge >= 0.3 is 0 Å². The normalized spacial score (nSPS) is 12.2. The fourth-order valence-electron chi connectivity index (χ4n) is 3.69. The van der Waals surface area contributed by atoms with Gasteiger partial charge in [0.05, 0.1) is 17.9 Å². The zero-order valence-corrected chi connectivity index (χ0v) is 18.4. The van der Waals surface area contributed by atoms with Crippen molar-refractivity contribution < 1.29 is 23.4 Å². The van der Waals surface area contributed by atoms with Crippen LogP contribution in [0.15, 0.2) is 57.9 Å². The average Bonchev–Trinajstić information content (AvgIpc) is 3.19. The van der Waals surface area contributed by atoms with Gasteiger partial charge in [0, 0.05) is 28.9 Å². The van der Waals surface area contributed by atoms with Crippen LogP contribution in [0.25, 0.3) is 28.3 Å². The molecule has 0 amide bonds. The van der Waals surface area contributed by atoms with Gasteiger partial charge in [-0.15, -0.1) is 0 Å². The largest absolute Gasteiger partial charge is 0.437 e. The van der Waals surface area contributed by atoms with E-state index in [4.69, 9.17) is 16.0 Å². The lowest BCUT2D eigenvalue weighted by Crippen LogP contribution is -2.18. The number of hydrogen-bond acceptors (Lipinski definition) is 5. The monoisotopic (exact) mass is 472 g/mol. The zero-order chi connectivity index (χ0) is 23.9. The molecule has 0 aliphatic rings. The number of nitrogens with zero attached hydrogens (tertiary/aromatic N) is 2. The van der Waals surface area contributed by atoms with Crippen molar-refractivity contribution in [2.75, 3.05) is 6.61 Å². The van der Waals surface area contributed by atoms with Gasteiger partial charge in [-0.2, -0.15) is 0 Å². The Balaban J connectivity index is 1.96. The van der Waals surface area contributed by atoms with Crippen molar-refractivity contribution in [2.45, 2.75) is 20.0 Å². The van der Waals surface area contributed by atoms with E-state index in [1.807, 2.05) is 13.8 Å². The number of hydrogen-bond donors (Lipinski definition) is 2. The number of aliphatic hydroxyl groups is 2. The molecule has 2 heterocycles. The zero-order valence-electron chi connectivity index (χ0n) is 17.6. The third kappa shape index (κ3) is 4.32. The highest BCUT2D eigenvalue weighted by molar-refractivity contribution is 6.30. The van der Waals surface area contributed by atoms with Crippen molar-refractivity contribution in [3.63, 3.8) is 0 Å². The number of oxazole rings is 1. The lowest BCUT2D eigenvalue weighted by molar-refractivity contribution is 0.0737. The van der Waals surface area contributed by atoms with Crippen molar-refractivity contribution in [1.29, 1.82) is 0 Å². The van der Waals surface area contributed by atoms with Gasteiger partial charge in [-0.25, -0.2) is 13.8 Å². The van der Waals surface area contributed by atoms with Gasteiger partial charge in [0.25, 0.3) is 5.56 Å². The van der Waals surface area contributed by atoms with Crippen LogP contribution >= 0.6 is 11.6 Å². The first-order valence-electron chi connectivity index (χ1n) is 9.95. The summed E-state index contributed by atoms with van der Waals surface area (Å²) in [6.45, 7) is 2.96. The Morgan fingerprint density at radius 3 is 2.45 bits per heavy atom. The molecular weight excluding hydrogens is 454 g/mol. The number of pyridine rings is 1. The Morgan fingerprint density at radius 1 is 1.12 bits per heavy atom. The molecule has 0 aliphatic carbocycles. The second kappa shape index (κ2) is 8.90. The lowest BCUT2D eigenvalue weighted by atomic mass is 10.1. The van der Waals surface area contributed by atoms with Crippen LogP contribution in [0.5, 0.6) is 0 Å². The third-order valence-corrected chi connectivity index (χ3v) is 5.38. The Labute approximate surface area is 192 Å². The predicted octanol–water partition coefficient (Wildman–Crippen LogP) is 4.73. The van der Waals surface area contributed by atoms with Gasteiger partial charge < -0.3 is 14.6 Å². The maximum atomic E-state index is 14.6. The molecule has 0 saturated heterocycles. The van der Waals surface area contributed by atoms with Gasteiger partial charge in [0.1, 0.15) is 17.3 Å². The first-order valence-corrected chi connectivity index (χ1v) is 10.3. The van der Waals surface area contributed by atoms with Gasteiger partial charge in [0.15, 0.2) is 11.9 Å². The average molecular weight is 473 g/mol. The number of benzene rings is 2. The maximum absolute atomic E-state index is 14.6. The first kappa shape index (κ1) is 22.8. The second-order valence-corrected chi connectivity index (χ2v) is 8.00. The van der Waals surface area contributed by atoms with E-state index in [2.05, 4.69) is 4.98 Å². The van der Waals surface area contributed by atoms with E-state index < -0.39 is 24.3 Å². The SMILES string of the molecule is Cc1cc(Cl)cc(C)c1-n1cc(-c2nc([C@@H](O)CO)oc2-c2ccc(F)cc2F)ccc1=O. The van der Waals surface area contributed by atoms with Crippen molar-refractivity contribution in [1.82, 2.24) is 9.55 Å². The highest BCUT2D eigenvalue weighted by Crippen LogP contribution is 2.36. The molecule has 0 aliphatic heterocycles. The Morgan fingerprint density at radius 2 is 1.82 bits per heavy atom. The van der Waals surface area contributed by atoms with Crippen LogP contribution in [-0.4, -0.2) is 26.4 Å². The molecule has 4 aromatic rings. The molecular formula is C24H19ClF2N2O4. The van der Waals surface area contributed by atoms with E-state index in [1.54, 1.807) is 12.1 Å². The standard InChI is InChI=1S/C24H19ClF2N2O4/c1-12-7-15(25)8-13(2)22(12)29-10-14(3-6-20(29)32)21-23(33-24(28-21)19(31)11-30)17-5-4-16(26)9-18(17)27/h3-10,19,30-31H,11H2,1-2H3/t19-/m0/s1. The predicted molar refractivity (Wildman–Crippen MR) is 119 cm³/mol. The van der Waals surface area contributed by atoms with Crippen LogP contribution in [0.3, 0.4) is 0 Å². The van der Waals surface area contributed by atoms with Crippen LogP contribution in [0.1, 0.15) is 23.1 Å². The molecule has 0 unspecified atom stereocenters. The summed E-state index contributed by atoms with van der Waals surface area (Å²) in [7, 11) is 0. The molecule has 33 heavy (non-hydrogen) atoms. The molecule has 0 radical (unpaired) electrons. The fraction of sp³-hybridized carbons (Fsp3) is 0.167. The summed E-state index contributed by atoms with van der Waals surface area (Å²) >= 11 is 6.12. The summed E-state index contributed by atoms with van der Waals surface area (Å²) in [6.07, 6.45) is 0.0661. The minimum atomic E-state index is -1.45. The molecule has 0 spiro atoms. The molecule has 0 fully saturated rings. The van der Waals surface area contributed by atoms with E-state index in [0.717, 1.165) is 17.2 Å². The summed E-state index contributed by atoms with van der Waals surface area (Å²) in [6, 6.07) is 9.22. The molecule has 2 aromatic heterocycles. The number of aryl methyl sites for hydroxylation is 2.